The third kappa shape index (κ3) is 4.44. The maximum Gasteiger partial charge on any atom is 0.137 e. The van der Waals surface area contributed by atoms with Gasteiger partial charge < -0.3 is 5.11 Å². The topological polar surface area (TPSA) is 40.5 Å². The zero-order valence-corrected chi connectivity index (χ0v) is 11.6. The first-order chi connectivity index (χ1) is 9.15. The standard InChI is InChI=1S/C16H23NO2/c1-13(18)11-15-7-9-17(10-8-16(15)19)12-14-5-3-2-4-6-14/h2-6,13,15,18H,7-12H2,1H3. The molecule has 1 heterocycles. The molecule has 0 aromatic heterocycles. The number of aliphatic hydroxyl groups excluding tert-OH is 1. The molecule has 0 aliphatic carbocycles. The molecule has 104 valence electrons. The molecule has 1 aromatic carbocycles. The predicted octanol–water partition coefficient (Wildman–Crippen LogP) is 2.24. The van der Waals surface area contributed by atoms with E-state index in [-0.39, 0.29) is 12.0 Å². The second-order valence-electron chi connectivity index (χ2n) is 5.55. The summed E-state index contributed by atoms with van der Waals surface area (Å²) in [5, 5.41) is 9.45. The highest BCUT2D eigenvalue weighted by molar-refractivity contribution is 5.81. The number of ketones is 1. The normalized spacial score (nSPS) is 23.1. The van der Waals surface area contributed by atoms with Crippen LogP contribution in [0.25, 0.3) is 0 Å². The van der Waals surface area contributed by atoms with Crippen LogP contribution in [0.2, 0.25) is 0 Å². The number of aliphatic hydroxyl groups is 1. The van der Waals surface area contributed by atoms with Gasteiger partial charge >= 0.3 is 0 Å². The Morgan fingerprint density at radius 1 is 1.32 bits per heavy atom. The summed E-state index contributed by atoms with van der Waals surface area (Å²) < 4.78 is 0. The van der Waals surface area contributed by atoms with Crippen molar-refractivity contribution in [1.29, 1.82) is 0 Å². The van der Waals surface area contributed by atoms with Gasteiger partial charge in [-0.2, -0.15) is 0 Å². The van der Waals surface area contributed by atoms with Crippen LogP contribution in [-0.2, 0) is 11.3 Å². The average molecular weight is 261 g/mol. The van der Waals surface area contributed by atoms with Gasteiger partial charge in [0.15, 0.2) is 0 Å². The summed E-state index contributed by atoms with van der Waals surface area (Å²) in [7, 11) is 0. The van der Waals surface area contributed by atoms with Gasteiger partial charge in [0.05, 0.1) is 6.10 Å². The second-order valence-corrected chi connectivity index (χ2v) is 5.55. The van der Waals surface area contributed by atoms with Crippen LogP contribution in [0.1, 0.15) is 31.7 Å². The number of carbonyl (C=O) groups is 1. The SMILES string of the molecule is CC(O)CC1CCN(Cc2ccccc2)CCC1=O. The lowest BCUT2D eigenvalue weighted by molar-refractivity contribution is -0.123. The highest BCUT2D eigenvalue weighted by Gasteiger charge is 2.25. The molecule has 1 aliphatic rings. The Morgan fingerprint density at radius 2 is 2.05 bits per heavy atom. The Labute approximate surface area is 115 Å². The first kappa shape index (κ1) is 14.2. The molecule has 2 atom stereocenters. The minimum atomic E-state index is -0.380. The van der Waals surface area contributed by atoms with E-state index in [0.717, 1.165) is 26.1 Å². The van der Waals surface area contributed by atoms with Crippen LogP contribution in [-0.4, -0.2) is 35.0 Å². The summed E-state index contributed by atoms with van der Waals surface area (Å²) in [6.45, 7) is 4.46. The minimum Gasteiger partial charge on any atom is -0.393 e. The maximum atomic E-state index is 12.0. The molecule has 3 nitrogen and oxygen atoms in total. The van der Waals surface area contributed by atoms with Gasteiger partial charge in [-0.05, 0) is 31.9 Å². The van der Waals surface area contributed by atoms with Crippen molar-refractivity contribution in [3.63, 3.8) is 0 Å². The highest BCUT2D eigenvalue weighted by Crippen LogP contribution is 2.20. The number of rotatable bonds is 4. The second kappa shape index (κ2) is 6.83. The largest absolute Gasteiger partial charge is 0.393 e. The summed E-state index contributed by atoms with van der Waals surface area (Å²) in [6, 6.07) is 10.4. The number of likely N-dealkylation sites (tertiary alicyclic amines) is 1. The van der Waals surface area contributed by atoms with E-state index in [9.17, 15) is 9.90 Å². The summed E-state index contributed by atoms with van der Waals surface area (Å²) in [6.07, 6.45) is 1.72. The molecule has 0 saturated carbocycles. The first-order valence-electron chi connectivity index (χ1n) is 7.12. The van der Waals surface area contributed by atoms with E-state index in [1.807, 2.05) is 6.07 Å². The maximum absolute atomic E-state index is 12.0. The quantitative estimate of drug-likeness (QED) is 0.903. The fourth-order valence-electron chi connectivity index (χ4n) is 2.74. The van der Waals surface area contributed by atoms with E-state index in [0.29, 0.717) is 18.6 Å². The fourth-order valence-corrected chi connectivity index (χ4v) is 2.74. The fraction of sp³-hybridized carbons (Fsp3) is 0.562. The van der Waals surface area contributed by atoms with E-state index in [1.54, 1.807) is 6.92 Å². The van der Waals surface area contributed by atoms with Gasteiger partial charge in [0.1, 0.15) is 5.78 Å². The van der Waals surface area contributed by atoms with Crippen LogP contribution in [0.5, 0.6) is 0 Å². The third-order valence-corrected chi connectivity index (χ3v) is 3.80. The van der Waals surface area contributed by atoms with Gasteiger partial charge in [-0.3, -0.25) is 9.69 Å². The first-order valence-corrected chi connectivity index (χ1v) is 7.12. The molecule has 2 rings (SSSR count). The summed E-state index contributed by atoms with van der Waals surface area (Å²) >= 11 is 0. The number of carbonyl (C=O) groups excluding carboxylic acids is 1. The molecule has 1 fully saturated rings. The van der Waals surface area contributed by atoms with E-state index in [4.69, 9.17) is 0 Å². The summed E-state index contributed by atoms with van der Waals surface area (Å²) in [5.74, 6) is 0.359. The van der Waals surface area contributed by atoms with Crippen LogP contribution in [0.4, 0.5) is 0 Å². The van der Waals surface area contributed by atoms with Crippen molar-refractivity contribution >= 4 is 5.78 Å². The van der Waals surface area contributed by atoms with Gasteiger partial charge in [-0.15, -0.1) is 0 Å². The zero-order chi connectivity index (χ0) is 13.7. The van der Waals surface area contributed by atoms with Gasteiger partial charge in [0, 0.05) is 25.4 Å². The molecule has 0 amide bonds. The molecule has 1 aromatic rings. The Balaban J connectivity index is 1.91. The molecule has 1 N–H and O–H groups in total. The molecular weight excluding hydrogens is 238 g/mol. The molecule has 0 spiro atoms. The van der Waals surface area contributed by atoms with Crippen LogP contribution in [0.15, 0.2) is 30.3 Å². The molecule has 3 heteroatoms. The Morgan fingerprint density at radius 3 is 2.74 bits per heavy atom. The smallest absolute Gasteiger partial charge is 0.137 e. The van der Waals surface area contributed by atoms with Gasteiger partial charge in [-0.25, -0.2) is 0 Å². The van der Waals surface area contributed by atoms with Gasteiger partial charge in [0.25, 0.3) is 0 Å². The monoisotopic (exact) mass is 261 g/mol. The van der Waals surface area contributed by atoms with Crippen molar-refractivity contribution in [1.82, 2.24) is 4.90 Å². The average Bonchev–Trinajstić information content (AvgIpc) is 2.55. The molecule has 0 bridgehead atoms. The lowest BCUT2D eigenvalue weighted by Crippen LogP contribution is -2.24. The third-order valence-electron chi connectivity index (χ3n) is 3.80. The molecule has 19 heavy (non-hydrogen) atoms. The van der Waals surface area contributed by atoms with Crippen molar-refractivity contribution in [3.8, 4) is 0 Å². The molecule has 1 aliphatic heterocycles. The van der Waals surface area contributed by atoms with E-state index in [1.165, 1.54) is 5.56 Å². The lowest BCUT2D eigenvalue weighted by atomic mass is 9.93. The minimum absolute atomic E-state index is 0.0424. The number of hydrogen-bond acceptors (Lipinski definition) is 3. The van der Waals surface area contributed by atoms with Crippen molar-refractivity contribution < 1.29 is 9.90 Å². The van der Waals surface area contributed by atoms with Gasteiger partial charge in [-0.1, -0.05) is 30.3 Å². The highest BCUT2D eigenvalue weighted by atomic mass is 16.3. The lowest BCUT2D eigenvalue weighted by Gasteiger charge is -2.20. The van der Waals surface area contributed by atoms with Crippen molar-refractivity contribution in [2.24, 2.45) is 5.92 Å². The van der Waals surface area contributed by atoms with E-state index < -0.39 is 0 Å². The predicted molar refractivity (Wildman–Crippen MR) is 75.7 cm³/mol. The molecular formula is C16H23NO2. The Kier molecular flexibility index (Phi) is 5.11. The van der Waals surface area contributed by atoms with E-state index >= 15 is 0 Å². The number of benzene rings is 1. The number of Topliss-reactive ketones (excluding diaryl/α,β-unsaturated/α-hetero) is 1. The number of nitrogens with zero attached hydrogens (tertiary/aromatic N) is 1. The van der Waals surface area contributed by atoms with Crippen molar-refractivity contribution in [3.05, 3.63) is 35.9 Å². The van der Waals surface area contributed by atoms with E-state index in [2.05, 4.69) is 29.2 Å². The Hall–Kier alpha value is -1.19. The number of hydrogen-bond donors (Lipinski definition) is 1. The summed E-state index contributed by atoms with van der Waals surface area (Å²) in [4.78, 5) is 14.4. The van der Waals surface area contributed by atoms with Crippen molar-refractivity contribution in [2.75, 3.05) is 13.1 Å². The summed E-state index contributed by atoms with van der Waals surface area (Å²) in [5.41, 5.74) is 1.30. The van der Waals surface area contributed by atoms with Crippen LogP contribution in [0.3, 0.4) is 0 Å². The van der Waals surface area contributed by atoms with Crippen LogP contribution >= 0.6 is 0 Å². The molecule has 1 saturated heterocycles. The van der Waals surface area contributed by atoms with Gasteiger partial charge in [0.2, 0.25) is 0 Å². The van der Waals surface area contributed by atoms with Crippen LogP contribution < -0.4 is 0 Å². The zero-order valence-electron chi connectivity index (χ0n) is 11.6. The Bertz CT molecular complexity index is 402. The van der Waals surface area contributed by atoms with Crippen LogP contribution in [0, 0.1) is 5.92 Å². The van der Waals surface area contributed by atoms with Crippen molar-refractivity contribution in [2.45, 2.75) is 38.8 Å². The molecule has 2 unspecified atom stereocenters. The molecule has 0 radical (unpaired) electrons.